The zero-order valence-corrected chi connectivity index (χ0v) is 17.2. The second-order valence-electron chi connectivity index (χ2n) is 6.80. The Bertz CT molecular complexity index is 904. The van der Waals surface area contributed by atoms with Gasteiger partial charge in [0.15, 0.2) is 0 Å². The van der Waals surface area contributed by atoms with Crippen molar-refractivity contribution in [1.82, 2.24) is 0 Å². The molecule has 148 valence electrons. The van der Waals surface area contributed by atoms with Gasteiger partial charge in [-0.15, -0.1) is 0 Å². The van der Waals surface area contributed by atoms with E-state index in [4.69, 9.17) is 27.9 Å². The number of hydrogen-bond acceptors (Lipinski definition) is 3. The van der Waals surface area contributed by atoms with Crippen LogP contribution in [0.4, 0.5) is 4.39 Å². The molecule has 1 aliphatic heterocycles. The number of rotatable bonds is 5. The van der Waals surface area contributed by atoms with Gasteiger partial charge in [-0.25, -0.2) is 4.39 Å². The second-order valence-corrected chi connectivity index (χ2v) is 7.61. The number of aryl methyl sites for hydroxylation is 1. The van der Waals surface area contributed by atoms with Crippen LogP contribution in [0.15, 0.2) is 30.3 Å². The first-order valence-electron chi connectivity index (χ1n) is 9.07. The Hall–Kier alpha value is -2.04. The van der Waals surface area contributed by atoms with Crippen molar-refractivity contribution in [2.24, 2.45) is 0 Å². The average molecular weight is 423 g/mol. The van der Waals surface area contributed by atoms with Crippen LogP contribution in [-0.2, 0) is 16.0 Å². The Morgan fingerprint density at radius 1 is 1.32 bits per heavy atom. The maximum atomic E-state index is 14.2. The maximum Gasteiger partial charge on any atom is 0.305 e. The van der Waals surface area contributed by atoms with E-state index < -0.39 is 0 Å². The van der Waals surface area contributed by atoms with Crippen molar-refractivity contribution in [3.8, 4) is 5.75 Å². The van der Waals surface area contributed by atoms with Gasteiger partial charge in [0.05, 0.1) is 23.3 Å². The van der Waals surface area contributed by atoms with E-state index in [0.717, 1.165) is 29.7 Å². The molecule has 0 spiro atoms. The van der Waals surface area contributed by atoms with Crippen molar-refractivity contribution >= 4 is 40.8 Å². The van der Waals surface area contributed by atoms with Crippen LogP contribution in [0.5, 0.6) is 5.75 Å². The summed E-state index contributed by atoms with van der Waals surface area (Å²) in [4.78, 5) is 11.3. The van der Waals surface area contributed by atoms with Crippen LogP contribution in [0.25, 0.3) is 11.6 Å². The Morgan fingerprint density at radius 2 is 2.11 bits per heavy atom. The van der Waals surface area contributed by atoms with Crippen LogP contribution in [0, 0.1) is 5.82 Å². The molecule has 2 aromatic carbocycles. The van der Waals surface area contributed by atoms with Gasteiger partial charge in [0.25, 0.3) is 0 Å². The number of carbonyl (C=O) groups excluding carboxylic acids is 1. The van der Waals surface area contributed by atoms with Crippen molar-refractivity contribution in [3.63, 3.8) is 0 Å². The molecule has 0 radical (unpaired) electrons. The summed E-state index contributed by atoms with van der Waals surface area (Å²) in [6.07, 6.45) is 4.36. The third-order valence-electron chi connectivity index (χ3n) is 4.84. The molecule has 0 unspecified atom stereocenters. The highest BCUT2D eigenvalue weighted by Crippen LogP contribution is 2.36. The maximum absolute atomic E-state index is 14.2. The molecule has 0 amide bonds. The summed E-state index contributed by atoms with van der Waals surface area (Å²) in [6.45, 7) is 1.80. The quantitative estimate of drug-likeness (QED) is 0.416. The molecule has 1 heterocycles. The molecule has 2 aromatic rings. The van der Waals surface area contributed by atoms with Crippen molar-refractivity contribution in [2.45, 2.75) is 38.7 Å². The summed E-state index contributed by atoms with van der Waals surface area (Å²) in [7, 11) is 1.38. The molecular formula is C22H21Cl2FO3. The fourth-order valence-corrected chi connectivity index (χ4v) is 3.87. The van der Waals surface area contributed by atoms with Gasteiger partial charge in [-0.1, -0.05) is 29.3 Å². The first kappa shape index (κ1) is 20.7. The standard InChI is InChI=1S/C22H21Cl2FO3/c1-13(22-17(23)4-3-5-19(22)25)10-15-11-14-6-7-16(8-9-21(26)27-2)28-20(14)12-18(15)24/h3-5,10-12,16H,6-9H2,1-2H3/b13-10+/t16-/m1/s1. The van der Waals surface area contributed by atoms with Gasteiger partial charge in [0.2, 0.25) is 0 Å². The number of fused-ring (bicyclic) bond motifs is 1. The van der Waals surface area contributed by atoms with Gasteiger partial charge >= 0.3 is 5.97 Å². The Morgan fingerprint density at radius 3 is 2.82 bits per heavy atom. The summed E-state index contributed by atoms with van der Waals surface area (Å²) in [6, 6.07) is 8.37. The van der Waals surface area contributed by atoms with Crippen LogP contribution in [-0.4, -0.2) is 19.2 Å². The molecule has 1 aliphatic rings. The van der Waals surface area contributed by atoms with Gasteiger partial charge in [-0.05, 0) is 73.2 Å². The lowest BCUT2D eigenvalue weighted by Gasteiger charge is -2.26. The molecule has 3 nitrogen and oxygen atoms in total. The Kier molecular flexibility index (Phi) is 6.63. The summed E-state index contributed by atoms with van der Waals surface area (Å²) < 4.78 is 24.8. The van der Waals surface area contributed by atoms with Crippen molar-refractivity contribution in [2.75, 3.05) is 7.11 Å². The summed E-state index contributed by atoms with van der Waals surface area (Å²) in [5, 5.41) is 0.874. The van der Waals surface area contributed by atoms with Crippen molar-refractivity contribution < 1.29 is 18.7 Å². The molecule has 0 fully saturated rings. The monoisotopic (exact) mass is 422 g/mol. The molecule has 6 heteroatoms. The minimum Gasteiger partial charge on any atom is -0.490 e. The van der Waals surface area contributed by atoms with E-state index in [-0.39, 0.29) is 17.9 Å². The number of esters is 1. The fourth-order valence-electron chi connectivity index (χ4n) is 3.35. The van der Waals surface area contributed by atoms with E-state index in [2.05, 4.69) is 4.74 Å². The number of hydrogen-bond donors (Lipinski definition) is 0. The second kappa shape index (κ2) is 8.97. The number of halogens is 3. The topological polar surface area (TPSA) is 35.5 Å². The Labute approximate surface area is 174 Å². The van der Waals surface area contributed by atoms with Crippen LogP contribution < -0.4 is 4.74 Å². The van der Waals surface area contributed by atoms with E-state index in [9.17, 15) is 9.18 Å². The molecular weight excluding hydrogens is 402 g/mol. The minimum atomic E-state index is -0.368. The predicted molar refractivity (Wildman–Crippen MR) is 110 cm³/mol. The molecule has 28 heavy (non-hydrogen) atoms. The van der Waals surface area contributed by atoms with E-state index >= 15 is 0 Å². The van der Waals surface area contributed by atoms with Gasteiger partial charge < -0.3 is 9.47 Å². The van der Waals surface area contributed by atoms with Gasteiger partial charge in [-0.2, -0.15) is 0 Å². The highest BCUT2D eigenvalue weighted by Gasteiger charge is 2.22. The number of benzene rings is 2. The van der Waals surface area contributed by atoms with Crippen LogP contribution >= 0.6 is 23.2 Å². The molecule has 1 atom stereocenters. The number of ether oxygens (including phenoxy) is 2. The van der Waals surface area contributed by atoms with Gasteiger partial charge in [-0.3, -0.25) is 4.79 Å². The molecule has 0 bridgehead atoms. The summed E-state index contributed by atoms with van der Waals surface area (Å²) in [5.41, 5.74) is 2.89. The fraction of sp³-hybridized carbons (Fsp3) is 0.318. The number of carbonyl (C=O) groups is 1. The summed E-state index contributed by atoms with van der Waals surface area (Å²) in [5.74, 6) is 0.118. The SMILES string of the molecule is COC(=O)CC[C@H]1CCc2cc(/C=C(\C)c3c(F)cccc3Cl)c(Cl)cc2O1. The predicted octanol–water partition coefficient (Wildman–Crippen LogP) is 6.34. The van der Waals surface area contributed by atoms with Crippen molar-refractivity contribution in [1.29, 1.82) is 0 Å². The van der Waals surface area contributed by atoms with E-state index in [1.54, 1.807) is 25.1 Å². The van der Waals surface area contributed by atoms with E-state index in [1.807, 2.05) is 12.1 Å². The molecule has 0 N–H and O–H groups in total. The zero-order chi connectivity index (χ0) is 20.3. The molecule has 0 aromatic heterocycles. The summed E-state index contributed by atoms with van der Waals surface area (Å²) >= 11 is 12.6. The minimum absolute atomic E-state index is 0.0389. The van der Waals surface area contributed by atoms with Crippen LogP contribution in [0.3, 0.4) is 0 Å². The number of methoxy groups -OCH3 is 1. The number of allylic oxidation sites excluding steroid dienone is 1. The lowest BCUT2D eigenvalue weighted by Crippen LogP contribution is -2.23. The van der Waals surface area contributed by atoms with Crippen LogP contribution in [0.1, 0.15) is 42.9 Å². The molecule has 0 saturated carbocycles. The third kappa shape index (κ3) is 4.68. The van der Waals surface area contributed by atoms with Crippen LogP contribution in [0.2, 0.25) is 10.0 Å². The van der Waals surface area contributed by atoms with Gasteiger partial charge in [0, 0.05) is 12.0 Å². The average Bonchev–Trinajstić information content (AvgIpc) is 2.66. The molecule has 0 aliphatic carbocycles. The lowest BCUT2D eigenvalue weighted by atomic mass is 9.96. The first-order valence-corrected chi connectivity index (χ1v) is 9.83. The third-order valence-corrected chi connectivity index (χ3v) is 5.48. The normalized spacial score (nSPS) is 16.3. The highest BCUT2D eigenvalue weighted by atomic mass is 35.5. The Balaban J connectivity index is 1.82. The van der Waals surface area contributed by atoms with Crippen molar-refractivity contribution in [3.05, 3.63) is 62.9 Å². The van der Waals surface area contributed by atoms with E-state index in [1.165, 1.54) is 13.2 Å². The molecule has 3 rings (SSSR count). The first-order chi connectivity index (χ1) is 13.4. The van der Waals surface area contributed by atoms with E-state index in [0.29, 0.717) is 34.0 Å². The zero-order valence-electron chi connectivity index (χ0n) is 15.7. The molecule has 0 saturated heterocycles. The lowest BCUT2D eigenvalue weighted by molar-refractivity contribution is -0.141. The largest absolute Gasteiger partial charge is 0.490 e. The van der Waals surface area contributed by atoms with Gasteiger partial charge in [0.1, 0.15) is 11.6 Å². The highest BCUT2D eigenvalue weighted by molar-refractivity contribution is 6.33. The smallest absolute Gasteiger partial charge is 0.305 e.